The number of aryl methyl sites for hydroxylation is 2. The van der Waals surface area contributed by atoms with Gasteiger partial charge in [0.15, 0.2) is 5.13 Å². The van der Waals surface area contributed by atoms with Crippen LogP contribution in [0.25, 0.3) is 0 Å². The summed E-state index contributed by atoms with van der Waals surface area (Å²) in [6.07, 6.45) is 4.51. The lowest BCUT2D eigenvalue weighted by Crippen LogP contribution is -2.11. The molecule has 3 aromatic rings. The molecule has 27 heavy (non-hydrogen) atoms. The summed E-state index contributed by atoms with van der Waals surface area (Å²) in [5.41, 5.74) is 2.87. The quantitative estimate of drug-likeness (QED) is 0.634. The molecular formula is C21H21ClN2O2S. The molecule has 0 aliphatic heterocycles. The van der Waals surface area contributed by atoms with Crippen molar-refractivity contribution in [2.45, 2.75) is 32.3 Å². The molecule has 2 aromatic carbocycles. The average molecular weight is 401 g/mol. The van der Waals surface area contributed by atoms with Crippen molar-refractivity contribution >= 4 is 34.8 Å². The molecule has 0 saturated carbocycles. The molecule has 0 atom stereocenters. The van der Waals surface area contributed by atoms with Crippen LogP contribution < -0.4 is 10.1 Å². The Morgan fingerprint density at radius 2 is 1.78 bits per heavy atom. The second-order valence-corrected chi connectivity index (χ2v) is 7.43. The first kappa shape index (κ1) is 19.4. The number of benzene rings is 2. The number of carbonyl (C=O) groups is 1. The Bertz CT molecular complexity index is 871. The highest BCUT2D eigenvalue weighted by Gasteiger charge is 2.16. The second kappa shape index (κ2) is 9.02. The van der Waals surface area contributed by atoms with Crippen LogP contribution in [0.5, 0.6) is 5.75 Å². The molecule has 1 N–H and O–H groups in total. The van der Waals surface area contributed by atoms with Crippen molar-refractivity contribution in [2.24, 2.45) is 0 Å². The minimum absolute atomic E-state index is 0. The van der Waals surface area contributed by atoms with Crippen molar-refractivity contribution in [3.8, 4) is 5.75 Å². The van der Waals surface area contributed by atoms with Crippen molar-refractivity contribution in [1.29, 1.82) is 0 Å². The van der Waals surface area contributed by atoms with Gasteiger partial charge in [0.05, 0.1) is 5.69 Å². The summed E-state index contributed by atoms with van der Waals surface area (Å²) in [4.78, 5) is 18.3. The zero-order chi connectivity index (χ0) is 17.8. The largest absolute Gasteiger partial charge is 0.489 e. The van der Waals surface area contributed by atoms with Gasteiger partial charge in [-0.25, -0.2) is 4.98 Å². The Balaban J connectivity index is 0.00000210. The summed E-state index contributed by atoms with van der Waals surface area (Å²) >= 11 is 1.60. The summed E-state index contributed by atoms with van der Waals surface area (Å²) in [6, 6.07) is 17.2. The molecule has 1 aliphatic carbocycles. The van der Waals surface area contributed by atoms with Crippen LogP contribution in [-0.4, -0.2) is 10.9 Å². The lowest BCUT2D eigenvalue weighted by atomic mass is 10.0. The fourth-order valence-corrected chi connectivity index (χ4v) is 4.06. The van der Waals surface area contributed by atoms with Gasteiger partial charge in [-0.15, -0.1) is 23.7 Å². The second-order valence-electron chi connectivity index (χ2n) is 6.35. The van der Waals surface area contributed by atoms with Crippen LogP contribution in [0, 0.1) is 0 Å². The van der Waals surface area contributed by atoms with E-state index in [2.05, 4.69) is 10.3 Å². The third kappa shape index (κ3) is 4.87. The van der Waals surface area contributed by atoms with E-state index in [0.717, 1.165) is 29.8 Å². The highest BCUT2D eigenvalue weighted by molar-refractivity contribution is 7.15. The Morgan fingerprint density at radius 3 is 2.52 bits per heavy atom. The standard InChI is InChI=1S/C21H20N2O2S.ClH/c24-20(23-21-22-18-8-4-5-9-19(18)26-21)16-10-12-17(13-11-16)25-14-15-6-2-1-3-7-15;/h1-3,6-7,10-13H,4-5,8-9,14H2,(H,22,23,24);1H. The number of amides is 1. The summed E-state index contributed by atoms with van der Waals surface area (Å²) < 4.78 is 5.76. The highest BCUT2D eigenvalue weighted by atomic mass is 35.5. The Kier molecular flexibility index (Phi) is 6.48. The van der Waals surface area contributed by atoms with Gasteiger partial charge in [-0.1, -0.05) is 30.3 Å². The number of anilines is 1. The zero-order valence-corrected chi connectivity index (χ0v) is 16.4. The average Bonchev–Trinajstić information content (AvgIpc) is 3.10. The molecule has 1 amide bonds. The molecule has 1 aliphatic rings. The molecule has 0 saturated heterocycles. The lowest BCUT2D eigenvalue weighted by molar-refractivity contribution is 0.102. The summed E-state index contributed by atoms with van der Waals surface area (Å²) in [7, 11) is 0. The number of nitrogens with zero attached hydrogens (tertiary/aromatic N) is 1. The van der Waals surface area contributed by atoms with Gasteiger partial charge in [-0.05, 0) is 55.5 Å². The van der Waals surface area contributed by atoms with Gasteiger partial charge in [-0.2, -0.15) is 0 Å². The van der Waals surface area contributed by atoms with Gasteiger partial charge in [0.1, 0.15) is 12.4 Å². The van der Waals surface area contributed by atoms with E-state index in [9.17, 15) is 4.79 Å². The predicted octanol–water partition coefficient (Wildman–Crippen LogP) is 5.28. The van der Waals surface area contributed by atoms with E-state index in [4.69, 9.17) is 4.74 Å². The van der Waals surface area contributed by atoms with Crippen LogP contribution in [0.2, 0.25) is 0 Å². The predicted molar refractivity (Wildman–Crippen MR) is 111 cm³/mol. The maximum absolute atomic E-state index is 12.4. The van der Waals surface area contributed by atoms with E-state index >= 15 is 0 Å². The molecule has 140 valence electrons. The molecular weight excluding hydrogens is 380 g/mol. The van der Waals surface area contributed by atoms with Crippen molar-refractivity contribution in [3.05, 3.63) is 76.3 Å². The van der Waals surface area contributed by atoms with Gasteiger partial charge in [0.25, 0.3) is 5.91 Å². The van der Waals surface area contributed by atoms with Crippen LogP contribution in [0.15, 0.2) is 54.6 Å². The van der Waals surface area contributed by atoms with Crippen LogP contribution in [0.4, 0.5) is 5.13 Å². The number of aromatic nitrogens is 1. The fourth-order valence-electron chi connectivity index (χ4n) is 3.02. The SMILES string of the molecule is Cl.O=C(Nc1nc2c(s1)CCCC2)c1ccc(OCc2ccccc2)cc1. The number of fused-ring (bicyclic) bond motifs is 1. The molecule has 4 nitrogen and oxygen atoms in total. The highest BCUT2D eigenvalue weighted by Crippen LogP contribution is 2.29. The number of thiazole rings is 1. The lowest BCUT2D eigenvalue weighted by Gasteiger charge is -2.07. The smallest absolute Gasteiger partial charge is 0.257 e. The first-order valence-electron chi connectivity index (χ1n) is 8.85. The molecule has 1 heterocycles. The molecule has 0 radical (unpaired) electrons. The van der Waals surface area contributed by atoms with Crippen LogP contribution in [-0.2, 0) is 19.4 Å². The first-order chi connectivity index (χ1) is 12.8. The fraction of sp³-hybridized carbons (Fsp3) is 0.238. The Hall–Kier alpha value is -2.37. The molecule has 0 unspecified atom stereocenters. The zero-order valence-electron chi connectivity index (χ0n) is 14.8. The van der Waals surface area contributed by atoms with Crippen LogP contribution >= 0.6 is 23.7 Å². The van der Waals surface area contributed by atoms with E-state index < -0.39 is 0 Å². The minimum atomic E-state index is -0.134. The molecule has 0 bridgehead atoms. The molecule has 6 heteroatoms. The number of hydrogen-bond donors (Lipinski definition) is 1. The van der Waals surface area contributed by atoms with Gasteiger partial charge < -0.3 is 4.74 Å². The van der Waals surface area contributed by atoms with Crippen molar-refractivity contribution < 1.29 is 9.53 Å². The first-order valence-corrected chi connectivity index (χ1v) is 9.66. The van der Waals surface area contributed by atoms with E-state index in [1.807, 2.05) is 42.5 Å². The maximum atomic E-state index is 12.4. The monoisotopic (exact) mass is 400 g/mol. The molecule has 1 aromatic heterocycles. The third-order valence-corrected chi connectivity index (χ3v) is 5.50. The van der Waals surface area contributed by atoms with Crippen LogP contribution in [0.3, 0.4) is 0 Å². The molecule has 0 spiro atoms. The molecule has 4 rings (SSSR count). The third-order valence-electron chi connectivity index (χ3n) is 4.43. The Morgan fingerprint density at radius 1 is 1.04 bits per heavy atom. The Labute approximate surface area is 169 Å². The van der Waals surface area contributed by atoms with Crippen LogP contribution in [0.1, 0.15) is 39.3 Å². The number of carbonyl (C=O) groups excluding carboxylic acids is 1. The van der Waals surface area contributed by atoms with E-state index in [0.29, 0.717) is 17.3 Å². The van der Waals surface area contributed by atoms with E-state index in [1.54, 1.807) is 23.5 Å². The van der Waals surface area contributed by atoms with Gasteiger partial charge in [0.2, 0.25) is 0 Å². The minimum Gasteiger partial charge on any atom is -0.489 e. The van der Waals surface area contributed by atoms with Crippen molar-refractivity contribution in [2.75, 3.05) is 5.32 Å². The number of hydrogen-bond acceptors (Lipinski definition) is 4. The summed E-state index contributed by atoms with van der Waals surface area (Å²) in [6.45, 7) is 0.511. The summed E-state index contributed by atoms with van der Waals surface area (Å²) in [5, 5.41) is 3.62. The summed E-state index contributed by atoms with van der Waals surface area (Å²) in [5.74, 6) is 0.612. The van der Waals surface area contributed by atoms with E-state index in [-0.39, 0.29) is 18.3 Å². The van der Waals surface area contributed by atoms with Crippen molar-refractivity contribution in [3.63, 3.8) is 0 Å². The van der Waals surface area contributed by atoms with E-state index in [1.165, 1.54) is 17.7 Å². The van der Waals surface area contributed by atoms with Crippen molar-refractivity contribution in [1.82, 2.24) is 4.98 Å². The van der Waals surface area contributed by atoms with Gasteiger partial charge in [-0.3, -0.25) is 10.1 Å². The number of ether oxygens (including phenoxy) is 1. The number of rotatable bonds is 5. The number of nitrogens with one attached hydrogen (secondary N) is 1. The van der Waals surface area contributed by atoms with Gasteiger partial charge >= 0.3 is 0 Å². The maximum Gasteiger partial charge on any atom is 0.257 e. The topological polar surface area (TPSA) is 51.2 Å². The number of halogens is 1. The normalized spacial score (nSPS) is 12.6. The molecule has 0 fully saturated rings. The van der Waals surface area contributed by atoms with Gasteiger partial charge in [0, 0.05) is 10.4 Å².